The van der Waals surface area contributed by atoms with Gasteiger partial charge in [-0.1, -0.05) is 27.7 Å². The number of aryl methyl sites for hydroxylation is 1. The highest BCUT2D eigenvalue weighted by Gasteiger charge is 2.16. The maximum absolute atomic E-state index is 3.53. The Kier molecular flexibility index (Phi) is 7.68. The van der Waals surface area contributed by atoms with Crippen LogP contribution in [0.3, 0.4) is 0 Å². The van der Waals surface area contributed by atoms with Gasteiger partial charge in [0.05, 0.1) is 0 Å². The Morgan fingerprint density at radius 3 is 2.33 bits per heavy atom. The maximum atomic E-state index is 3.53. The van der Waals surface area contributed by atoms with Crippen LogP contribution in [0.5, 0.6) is 0 Å². The lowest BCUT2D eigenvalue weighted by atomic mass is 10.1. The van der Waals surface area contributed by atoms with E-state index in [1.165, 1.54) is 45.4 Å². The van der Waals surface area contributed by atoms with E-state index in [9.17, 15) is 0 Å². The van der Waals surface area contributed by atoms with Crippen molar-refractivity contribution in [2.24, 2.45) is 0 Å². The van der Waals surface area contributed by atoms with Crippen LogP contribution in [0.1, 0.15) is 46.1 Å². The molecule has 1 aromatic carbocycles. The average Bonchev–Trinajstić information content (AvgIpc) is 2.77. The first-order valence-electron chi connectivity index (χ1n) is 7.10. The SMILES string of the molecule is CC.CC.c1c2c(cc3c1SCS3)NCCCC2. The van der Waals surface area contributed by atoms with Crippen LogP contribution < -0.4 is 5.32 Å². The highest BCUT2D eigenvalue weighted by atomic mass is 32.2. The molecule has 0 fully saturated rings. The van der Waals surface area contributed by atoms with Gasteiger partial charge in [-0.3, -0.25) is 0 Å². The van der Waals surface area contributed by atoms with Gasteiger partial charge in [0, 0.05) is 27.1 Å². The van der Waals surface area contributed by atoms with Crippen LogP contribution in [0, 0.1) is 0 Å². The molecule has 0 amide bonds. The molecule has 1 N–H and O–H groups in total. The number of thioether (sulfide) groups is 2. The van der Waals surface area contributed by atoms with Crippen molar-refractivity contribution < 1.29 is 0 Å². The molecule has 0 saturated carbocycles. The Labute approximate surface area is 121 Å². The molecule has 3 heteroatoms. The van der Waals surface area contributed by atoms with Crippen LogP contribution in [-0.4, -0.2) is 11.6 Å². The summed E-state index contributed by atoms with van der Waals surface area (Å²) >= 11 is 3.95. The Morgan fingerprint density at radius 1 is 0.944 bits per heavy atom. The minimum atomic E-state index is 1.14. The summed E-state index contributed by atoms with van der Waals surface area (Å²) in [5.41, 5.74) is 2.91. The first kappa shape index (κ1) is 15.8. The number of fused-ring (bicyclic) bond motifs is 2. The predicted octanol–water partition coefficient (Wildman–Crippen LogP) is 5.64. The van der Waals surface area contributed by atoms with Crippen molar-refractivity contribution in [3.05, 3.63) is 17.7 Å². The zero-order valence-corrected chi connectivity index (χ0v) is 13.6. The summed E-state index contributed by atoms with van der Waals surface area (Å²) in [6, 6.07) is 4.74. The third-order valence-corrected chi connectivity index (χ3v) is 5.16. The third-order valence-electron chi connectivity index (χ3n) is 2.79. The van der Waals surface area contributed by atoms with Gasteiger partial charge < -0.3 is 5.32 Å². The fourth-order valence-corrected chi connectivity index (χ4v) is 4.45. The van der Waals surface area contributed by atoms with E-state index in [1.807, 2.05) is 51.2 Å². The molecule has 2 aliphatic heterocycles. The number of anilines is 1. The van der Waals surface area contributed by atoms with Crippen LogP contribution in [0.2, 0.25) is 0 Å². The number of rotatable bonds is 0. The van der Waals surface area contributed by atoms with E-state index in [2.05, 4.69) is 17.4 Å². The maximum Gasteiger partial charge on any atom is 0.0487 e. The highest BCUT2D eigenvalue weighted by molar-refractivity contribution is 8.18. The van der Waals surface area contributed by atoms with Crippen molar-refractivity contribution >= 4 is 29.2 Å². The van der Waals surface area contributed by atoms with Gasteiger partial charge in [-0.05, 0) is 37.0 Å². The Balaban J connectivity index is 0.000000371. The largest absolute Gasteiger partial charge is 0.385 e. The van der Waals surface area contributed by atoms with E-state index >= 15 is 0 Å². The highest BCUT2D eigenvalue weighted by Crippen LogP contribution is 2.44. The van der Waals surface area contributed by atoms with Gasteiger partial charge >= 0.3 is 0 Å². The molecule has 0 aromatic heterocycles. The summed E-state index contributed by atoms with van der Waals surface area (Å²) in [5.74, 6) is 0. The second kappa shape index (κ2) is 8.76. The molecule has 0 atom stereocenters. The number of hydrogen-bond donors (Lipinski definition) is 1. The summed E-state index contributed by atoms with van der Waals surface area (Å²) in [7, 11) is 0. The van der Waals surface area contributed by atoms with Crippen molar-refractivity contribution in [2.45, 2.75) is 56.7 Å². The van der Waals surface area contributed by atoms with E-state index in [1.54, 1.807) is 0 Å². The van der Waals surface area contributed by atoms with Crippen molar-refractivity contribution in [3.8, 4) is 0 Å². The Morgan fingerprint density at radius 2 is 1.61 bits per heavy atom. The topological polar surface area (TPSA) is 12.0 Å². The van der Waals surface area contributed by atoms with Gasteiger partial charge in [-0.25, -0.2) is 0 Å². The first-order chi connectivity index (χ1) is 8.93. The lowest BCUT2D eigenvalue weighted by Gasteiger charge is -2.09. The fraction of sp³-hybridized carbons (Fsp3) is 0.600. The molecular weight excluding hydrogens is 258 g/mol. The van der Waals surface area contributed by atoms with E-state index in [0.717, 1.165) is 6.54 Å². The molecule has 0 unspecified atom stereocenters. The molecule has 2 aliphatic rings. The summed E-state index contributed by atoms with van der Waals surface area (Å²) in [4.78, 5) is 2.97. The zero-order valence-electron chi connectivity index (χ0n) is 12.0. The summed E-state index contributed by atoms with van der Waals surface area (Å²) in [6.45, 7) is 9.14. The lowest BCUT2D eigenvalue weighted by Crippen LogP contribution is -1.99. The van der Waals surface area contributed by atoms with Crippen molar-refractivity contribution in [3.63, 3.8) is 0 Å². The Hall–Kier alpha value is -0.280. The Bertz CT molecular complexity index is 331. The van der Waals surface area contributed by atoms with Crippen LogP contribution in [0.15, 0.2) is 21.9 Å². The molecule has 0 aliphatic carbocycles. The molecule has 0 radical (unpaired) electrons. The van der Waals surface area contributed by atoms with Gasteiger partial charge in [0.1, 0.15) is 0 Å². The van der Waals surface area contributed by atoms with E-state index < -0.39 is 0 Å². The number of nitrogens with one attached hydrogen (secondary N) is 1. The van der Waals surface area contributed by atoms with E-state index in [0.29, 0.717) is 0 Å². The fourth-order valence-electron chi connectivity index (χ4n) is 2.02. The van der Waals surface area contributed by atoms with Crippen LogP contribution in [-0.2, 0) is 6.42 Å². The molecule has 0 saturated heterocycles. The molecule has 3 rings (SSSR count). The second-order valence-corrected chi connectivity index (χ2v) is 6.15. The van der Waals surface area contributed by atoms with E-state index in [4.69, 9.17) is 0 Å². The monoisotopic (exact) mass is 283 g/mol. The molecule has 18 heavy (non-hydrogen) atoms. The average molecular weight is 284 g/mol. The summed E-state index contributed by atoms with van der Waals surface area (Å²) < 4.78 is 0. The van der Waals surface area contributed by atoms with Crippen LogP contribution in [0.25, 0.3) is 0 Å². The molecule has 102 valence electrons. The van der Waals surface area contributed by atoms with Crippen molar-refractivity contribution in [2.75, 3.05) is 16.9 Å². The van der Waals surface area contributed by atoms with Crippen LogP contribution >= 0.6 is 23.5 Å². The minimum Gasteiger partial charge on any atom is -0.385 e. The van der Waals surface area contributed by atoms with Gasteiger partial charge in [-0.2, -0.15) is 0 Å². The molecule has 1 aromatic rings. The van der Waals surface area contributed by atoms with Gasteiger partial charge in [0.2, 0.25) is 0 Å². The van der Waals surface area contributed by atoms with Gasteiger partial charge in [0.25, 0.3) is 0 Å². The standard InChI is InChI=1S/C11H13NS2.2C2H6/c1-2-4-12-9-6-11-10(13-7-14-11)5-8(9)3-1;2*1-2/h5-6,12H,1-4,7H2;2*1-2H3. The third kappa shape index (κ3) is 3.86. The van der Waals surface area contributed by atoms with Crippen LogP contribution in [0.4, 0.5) is 5.69 Å². The van der Waals surface area contributed by atoms with Crippen molar-refractivity contribution in [1.82, 2.24) is 0 Å². The lowest BCUT2D eigenvalue weighted by molar-refractivity contribution is 0.784. The van der Waals surface area contributed by atoms with Gasteiger partial charge in [-0.15, -0.1) is 23.5 Å². The summed E-state index contributed by atoms with van der Waals surface area (Å²) in [6.07, 6.45) is 3.89. The predicted molar refractivity (Wildman–Crippen MR) is 87.1 cm³/mol. The minimum absolute atomic E-state index is 1.14. The zero-order chi connectivity index (χ0) is 13.4. The second-order valence-electron chi connectivity index (χ2n) is 3.75. The molecule has 0 bridgehead atoms. The van der Waals surface area contributed by atoms with Gasteiger partial charge in [0.15, 0.2) is 0 Å². The number of hydrogen-bond acceptors (Lipinski definition) is 3. The van der Waals surface area contributed by atoms with Crippen molar-refractivity contribution in [1.29, 1.82) is 0 Å². The summed E-state index contributed by atoms with van der Waals surface area (Å²) in [5, 5.41) is 4.72. The van der Waals surface area contributed by atoms with E-state index in [-0.39, 0.29) is 0 Å². The molecule has 1 nitrogen and oxygen atoms in total. The quantitative estimate of drug-likeness (QED) is 0.661. The first-order valence-corrected chi connectivity index (χ1v) is 9.07. The number of benzene rings is 1. The normalized spacial score (nSPS) is 15.8. The molecule has 2 heterocycles. The molecular formula is C15H25NS2. The molecule has 0 spiro atoms. The smallest absolute Gasteiger partial charge is 0.0487 e.